The minimum Gasteiger partial charge on any atom is -0.372 e. The van der Waals surface area contributed by atoms with Crippen LogP contribution in [0, 0.1) is 15.5 Å². The number of nitrogens with one attached hydrogen (secondary N) is 1. The largest absolute Gasteiger partial charge is 0.372 e. The Balaban J connectivity index is 2.26. The minimum atomic E-state index is -0.386. The Labute approximate surface area is 161 Å². The van der Waals surface area contributed by atoms with Crippen LogP contribution >= 0.6 is 28.1 Å². The van der Waals surface area contributed by atoms with Gasteiger partial charge in [0.2, 0.25) is 0 Å². The van der Waals surface area contributed by atoms with Gasteiger partial charge in [-0.25, -0.2) is 0 Å². The molecule has 0 amide bonds. The highest BCUT2D eigenvalue weighted by Crippen LogP contribution is 2.25. The van der Waals surface area contributed by atoms with Crippen LogP contribution < -0.4 is 5.32 Å². The van der Waals surface area contributed by atoms with Crippen LogP contribution in [0.1, 0.15) is 37.9 Å². The van der Waals surface area contributed by atoms with E-state index in [-0.39, 0.29) is 22.1 Å². The number of nitrogens with zero attached hydrogens (tertiary/aromatic N) is 1. The van der Waals surface area contributed by atoms with Gasteiger partial charge in [-0.05, 0) is 29.7 Å². The van der Waals surface area contributed by atoms with Crippen LogP contribution in [0.5, 0.6) is 0 Å². The molecule has 25 heavy (non-hydrogen) atoms. The fraction of sp³-hybridized carbons (Fsp3) is 0.316. The molecule has 1 N–H and O–H groups in total. The summed E-state index contributed by atoms with van der Waals surface area (Å²) >= 11 is 9.01. The molecule has 0 radical (unpaired) electrons. The van der Waals surface area contributed by atoms with Gasteiger partial charge in [-0.3, -0.25) is 10.1 Å². The van der Waals surface area contributed by atoms with E-state index in [1.807, 2.05) is 12.1 Å². The van der Waals surface area contributed by atoms with Gasteiger partial charge in [-0.2, -0.15) is 0 Å². The predicted molar refractivity (Wildman–Crippen MR) is 109 cm³/mol. The lowest BCUT2D eigenvalue weighted by Crippen LogP contribution is -2.36. The molecular formula is C19H21BrN2O2S. The number of non-ortho nitro benzene ring substituents is 1. The molecule has 0 fully saturated rings. The summed E-state index contributed by atoms with van der Waals surface area (Å²) in [6, 6.07) is 14.8. The highest BCUT2D eigenvalue weighted by molar-refractivity contribution is 9.10. The Hall–Kier alpha value is -1.79. The van der Waals surface area contributed by atoms with Gasteiger partial charge in [0.05, 0.1) is 16.0 Å². The maximum atomic E-state index is 10.8. The van der Waals surface area contributed by atoms with Gasteiger partial charge in [0.15, 0.2) is 0 Å². The average molecular weight is 421 g/mol. The summed E-state index contributed by atoms with van der Waals surface area (Å²) in [5.74, 6) is 0. The van der Waals surface area contributed by atoms with Gasteiger partial charge >= 0.3 is 0 Å². The molecule has 0 bridgehead atoms. The molecule has 132 valence electrons. The normalized spacial score (nSPS) is 12.5. The molecule has 4 nitrogen and oxygen atoms in total. The van der Waals surface area contributed by atoms with Gasteiger partial charge in [-0.1, -0.05) is 73.2 Å². The summed E-state index contributed by atoms with van der Waals surface area (Å²) in [7, 11) is 0. The van der Waals surface area contributed by atoms with Crippen molar-refractivity contribution in [3.8, 4) is 0 Å². The SMILES string of the molecule is CC(C)(C)C(=S)NC(Cc1ccc([N+](=O)[O-])cc1)c1ccc(Br)cc1. The van der Waals surface area contributed by atoms with Crippen LogP contribution in [-0.2, 0) is 6.42 Å². The first kappa shape index (κ1) is 19.5. The number of nitro benzene ring substituents is 1. The number of hydrogen-bond donors (Lipinski definition) is 1. The second-order valence-corrected chi connectivity index (χ2v) is 8.28. The molecule has 0 aliphatic heterocycles. The Morgan fingerprint density at radius 3 is 2.20 bits per heavy atom. The molecule has 6 heteroatoms. The van der Waals surface area contributed by atoms with Gasteiger partial charge in [-0.15, -0.1) is 0 Å². The quantitative estimate of drug-likeness (QED) is 0.388. The van der Waals surface area contributed by atoms with Crippen LogP contribution in [0.2, 0.25) is 0 Å². The second kappa shape index (κ2) is 8.06. The molecule has 0 aromatic heterocycles. The minimum absolute atomic E-state index is 0.00119. The molecule has 0 aliphatic carbocycles. The molecule has 0 spiro atoms. The van der Waals surface area contributed by atoms with Gasteiger partial charge < -0.3 is 5.32 Å². The zero-order chi connectivity index (χ0) is 18.6. The van der Waals surface area contributed by atoms with Crippen molar-refractivity contribution in [2.75, 3.05) is 0 Å². The van der Waals surface area contributed by atoms with Crippen LogP contribution in [-0.4, -0.2) is 9.91 Å². The van der Waals surface area contributed by atoms with Crippen molar-refractivity contribution in [2.45, 2.75) is 33.2 Å². The maximum absolute atomic E-state index is 10.8. The van der Waals surface area contributed by atoms with E-state index in [1.54, 1.807) is 12.1 Å². The number of hydrogen-bond acceptors (Lipinski definition) is 3. The number of halogens is 1. The third-order valence-electron chi connectivity index (χ3n) is 3.85. The van der Waals surface area contributed by atoms with Crippen molar-refractivity contribution >= 4 is 38.8 Å². The van der Waals surface area contributed by atoms with Crippen molar-refractivity contribution in [3.05, 3.63) is 74.2 Å². The highest BCUT2D eigenvalue weighted by Gasteiger charge is 2.21. The Kier molecular flexibility index (Phi) is 6.30. The fourth-order valence-corrected chi connectivity index (χ4v) is 2.72. The molecule has 2 aromatic carbocycles. The number of rotatable bonds is 5. The lowest BCUT2D eigenvalue weighted by molar-refractivity contribution is -0.384. The van der Waals surface area contributed by atoms with Crippen molar-refractivity contribution in [1.82, 2.24) is 5.32 Å². The second-order valence-electron chi connectivity index (χ2n) is 6.96. The summed E-state index contributed by atoms with van der Waals surface area (Å²) in [6.45, 7) is 6.23. The Bertz CT molecular complexity index is 752. The first-order chi connectivity index (χ1) is 11.7. The summed E-state index contributed by atoms with van der Waals surface area (Å²) < 4.78 is 1.02. The Morgan fingerprint density at radius 1 is 1.16 bits per heavy atom. The fourth-order valence-electron chi connectivity index (χ4n) is 2.31. The van der Waals surface area contributed by atoms with E-state index < -0.39 is 0 Å². The highest BCUT2D eigenvalue weighted by atomic mass is 79.9. The molecule has 2 rings (SSSR count). The van der Waals surface area contributed by atoms with E-state index in [2.05, 4.69) is 54.2 Å². The monoisotopic (exact) mass is 420 g/mol. The number of benzene rings is 2. The third kappa shape index (κ3) is 5.61. The van der Waals surface area contributed by atoms with Crippen molar-refractivity contribution in [2.24, 2.45) is 5.41 Å². The first-order valence-corrected chi connectivity index (χ1v) is 9.16. The zero-order valence-electron chi connectivity index (χ0n) is 14.5. The molecule has 1 atom stereocenters. The van der Waals surface area contributed by atoms with E-state index >= 15 is 0 Å². The van der Waals surface area contributed by atoms with E-state index in [4.69, 9.17) is 12.2 Å². The lowest BCUT2D eigenvalue weighted by atomic mass is 9.93. The van der Waals surface area contributed by atoms with Crippen LogP contribution in [0.25, 0.3) is 0 Å². The zero-order valence-corrected chi connectivity index (χ0v) is 16.9. The molecular weight excluding hydrogens is 400 g/mol. The van der Waals surface area contributed by atoms with Crippen LogP contribution in [0.15, 0.2) is 53.0 Å². The van der Waals surface area contributed by atoms with Gasteiger partial charge in [0, 0.05) is 22.0 Å². The van der Waals surface area contributed by atoms with E-state index in [0.29, 0.717) is 6.42 Å². The molecule has 0 heterocycles. The van der Waals surface area contributed by atoms with Gasteiger partial charge in [0.25, 0.3) is 5.69 Å². The van der Waals surface area contributed by atoms with Crippen LogP contribution in [0.3, 0.4) is 0 Å². The topological polar surface area (TPSA) is 55.2 Å². The van der Waals surface area contributed by atoms with Gasteiger partial charge in [0.1, 0.15) is 0 Å². The summed E-state index contributed by atoms with van der Waals surface area (Å²) in [6.07, 6.45) is 0.690. The Morgan fingerprint density at radius 2 is 1.72 bits per heavy atom. The molecule has 1 unspecified atom stereocenters. The predicted octanol–water partition coefficient (Wildman–Crippen LogP) is 5.60. The molecule has 0 saturated carbocycles. The molecule has 2 aromatic rings. The number of thiocarbonyl (C=S) groups is 1. The maximum Gasteiger partial charge on any atom is 0.269 e. The smallest absolute Gasteiger partial charge is 0.269 e. The van der Waals surface area contributed by atoms with E-state index in [1.165, 1.54) is 12.1 Å². The van der Waals surface area contributed by atoms with Crippen molar-refractivity contribution in [3.63, 3.8) is 0 Å². The molecule has 0 saturated heterocycles. The first-order valence-electron chi connectivity index (χ1n) is 7.96. The lowest BCUT2D eigenvalue weighted by Gasteiger charge is -2.27. The number of nitro groups is 1. The van der Waals surface area contributed by atoms with Crippen molar-refractivity contribution < 1.29 is 4.92 Å². The summed E-state index contributed by atoms with van der Waals surface area (Å²) in [5.41, 5.74) is 2.11. The van der Waals surface area contributed by atoms with Crippen molar-refractivity contribution in [1.29, 1.82) is 0 Å². The van der Waals surface area contributed by atoms with E-state index in [0.717, 1.165) is 20.6 Å². The average Bonchev–Trinajstić information content (AvgIpc) is 2.54. The summed E-state index contributed by atoms with van der Waals surface area (Å²) in [5, 5.41) is 14.3. The van der Waals surface area contributed by atoms with Crippen LogP contribution in [0.4, 0.5) is 5.69 Å². The third-order valence-corrected chi connectivity index (χ3v) is 5.10. The van der Waals surface area contributed by atoms with E-state index in [9.17, 15) is 10.1 Å². The molecule has 0 aliphatic rings. The summed E-state index contributed by atoms with van der Waals surface area (Å²) in [4.78, 5) is 11.2. The standard InChI is InChI=1S/C19H21BrN2O2S/c1-19(2,3)18(25)21-17(14-6-8-15(20)9-7-14)12-13-4-10-16(11-5-13)22(23)24/h4-11,17H,12H2,1-3H3,(H,21,25).